The number of carbonyl (C=O) groups is 1. The van der Waals surface area contributed by atoms with Gasteiger partial charge in [-0.15, -0.1) is 0 Å². The molecule has 14 heavy (non-hydrogen) atoms. The van der Waals surface area contributed by atoms with Gasteiger partial charge in [-0.05, 0) is 38.8 Å². The first-order valence-corrected chi connectivity index (χ1v) is 5.39. The summed E-state index contributed by atoms with van der Waals surface area (Å²) in [6, 6.07) is 0. The largest absolute Gasteiger partial charge is 0.352 e. The third-order valence-electron chi connectivity index (χ3n) is 2.58. The summed E-state index contributed by atoms with van der Waals surface area (Å²) >= 11 is 0. The van der Waals surface area contributed by atoms with E-state index in [4.69, 9.17) is 0 Å². The Labute approximate surface area is 86.0 Å². The van der Waals surface area contributed by atoms with Gasteiger partial charge in [0.25, 0.3) is 0 Å². The Balaban J connectivity index is 2.23. The van der Waals surface area contributed by atoms with Crippen LogP contribution in [0.5, 0.6) is 0 Å². The van der Waals surface area contributed by atoms with Crippen LogP contribution >= 0.6 is 0 Å². The molecule has 1 aliphatic rings. The SMILES string of the molecule is CC/C=C(/C)C(=O)NCC1CCNC1. The quantitative estimate of drug-likeness (QED) is 0.660. The van der Waals surface area contributed by atoms with Gasteiger partial charge in [-0.1, -0.05) is 13.0 Å². The van der Waals surface area contributed by atoms with Crippen molar-refractivity contribution in [2.24, 2.45) is 5.92 Å². The molecule has 1 aliphatic heterocycles. The fraction of sp³-hybridized carbons (Fsp3) is 0.727. The maximum atomic E-state index is 11.5. The standard InChI is InChI=1S/C11H20N2O/c1-3-4-9(2)11(14)13-8-10-5-6-12-7-10/h4,10,12H,3,5-8H2,1-2H3,(H,13,14)/b9-4-. The molecule has 1 fully saturated rings. The minimum atomic E-state index is 0.0822. The van der Waals surface area contributed by atoms with E-state index in [0.29, 0.717) is 5.92 Å². The van der Waals surface area contributed by atoms with Gasteiger partial charge >= 0.3 is 0 Å². The van der Waals surface area contributed by atoms with E-state index in [1.54, 1.807) is 0 Å². The molecule has 80 valence electrons. The molecular formula is C11H20N2O. The topological polar surface area (TPSA) is 41.1 Å². The van der Waals surface area contributed by atoms with Gasteiger partial charge in [-0.3, -0.25) is 4.79 Å². The lowest BCUT2D eigenvalue weighted by atomic mass is 10.1. The minimum absolute atomic E-state index is 0.0822. The van der Waals surface area contributed by atoms with Crippen molar-refractivity contribution in [3.8, 4) is 0 Å². The summed E-state index contributed by atoms with van der Waals surface area (Å²) in [4.78, 5) is 11.5. The van der Waals surface area contributed by atoms with Crippen LogP contribution < -0.4 is 10.6 Å². The first-order valence-electron chi connectivity index (χ1n) is 5.39. The Kier molecular flexibility index (Phi) is 4.66. The normalized spacial score (nSPS) is 22.4. The van der Waals surface area contributed by atoms with Gasteiger partial charge in [0.2, 0.25) is 5.91 Å². The van der Waals surface area contributed by atoms with E-state index in [9.17, 15) is 4.79 Å². The van der Waals surface area contributed by atoms with Crippen molar-refractivity contribution < 1.29 is 4.79 Å². The van der Waals surface area contributed by atoms with E-state index < -0.39 is 0 Å². The third kappa shape index (κ3) is 3.50. The van der Waals surface area contributed by atoms with Gasteiger partial charge < -0.3 is 10.6 Å². The number of allylic oxidation sites excluding steroid dienone is 1. The van der Waals surface area contributed by atoms with Crippen LogP contribution in [0.1, 0.15) is 26.7 Å². The second-order valence-corrected chi connectivity index (χ2v) is 3.86. The van der Waals surface area contributed by atoms with Gasteiger partial charge in [0.1, 0.15) is 0 Å². The van der Waals surface area contributed by atoms with E-state index in [2.05, 4.69) is 10.6 Å². The highest BCUT2D eigenvalue weighted by molar-refractivity contribution is 5.92. The lowest BCUT2D eigenvalue weighted by Crippen LogP contribution is -2.30. The lowest BCUT2D eigenvalue weighted by Gasteiger charge is -2.09. The average Bonchev–Trinajstić information content (AvgIpc) is 2.67. The predicted molar refractivity (Wildman–Crippen MR) is 58.0 cm³/mol. The Morgan fingerprint density at radius 3 is 3.00 bits per heavy atom. The first kappa shape index (κ1) is 11.2. The fourth-order valence-electron chi connectivity index (χ4n) is 1.66. The van der Waals surface area contributed by atoms with Crippen LogP contribution in [-0.2, 0) is 4.79 Å². The molecule has 0 bridgehead atoms. The van der Waals surface area contributed by atoms with Gasteiger partial charge in [0.05, 0.1) is 0 Å². The van der Waals surface area contributed by atoms with Crippen LogP contribution in [0.15, 0.2) is 11.6 Å². The molecule has 3 nitrogen and oxygen atoms in total. The molecule has 1 heterocycles. The van der Waals surface area contributed by atoms with Gasteiger partial charge in [0.15, 0.2) is 0 Å². The molecule has 0 aromatic rings. The van der Waals surface area contributed by atoms with Crippen molar-refractivity contribution in [2.75, 3.05) is 19.6 Å². The zero-order valence-electron chi connectivity index (χ0n) is 9.10. The maximum absolute atomic E-state index is 11.5. The van der Waals surface area contributed by atoms with E-state index in [-0.39, 0.29) is 5.91 Å². The zero-order chi connectivity index (χ0) is 10.4. The van der Waals surface area contributed by atoms with Crippen molar-refractivity contribution in [2.45, 2.75) is 26.7 Å². The van der Waals surface area contributed by atoms with Gasteiger partial charge in [-0.25, -0.2) is 0 Å². The Bertz CT molecular complexity index is 217. The van der Waals surface area contributed by atoms with Crippen molar-refractivity contribution >= 4 is 5.91 Å². The third-order valence-corrected chi connectivity index (χ3v) is 2.58. The molecule has 1 atom stereocenters. The summed E-state index contributed by atoms with van der Waals surface area (Å²) in [6.45, 7) is 6.84. The number of amides is 1. The molecule has 1 saturated heterocycles. The Hall–Kier alpha value is -0.830. The van der Waals surface area contributed by atoms with Crippen molar-refractivity contribution in [1.29, 1.82) is 0 Å². The van der Waals surface area contributed by atoms with Gasteiger partial charge in [-0.2, -0.15) is 0 Å². The highest BCUT2D eigenvalue weighted by Crippen LogP contribution is 2.05. The number of carbonyl (C=O) groups excluding carboxylic acids is 1. The zero-order valence-corrected chi connectivity index (χ0v) is 9.10. The van der Waals surface area contributed by atoms with Crippen LogP contribution in [0.25, 0.3) is 0 Å². The Morgan fingerprint density at radius 1 is 1.64 bits per heavy atom. The first-order chi connectivity index (χ1) is 6.74. The number of rotatable bonds is 4. The molecular weight excluding hydrogens is 176 g/mol. The molecule has 1 rings (SSSR count). The maximum Gasteiger partial charge on any atom is 0.246 e. The molecule has 0 aliphatic carbocycles. The fourth-order valence-corrected chi connectivity index (χ4v) is 1.66. The van der Waals surface area contributed by atoms with Crippen LogP contribution in [0.4, 0.5) is 0 Å². The van der Waals surface area contributed by atoms with Crippen LogP contribution in [0, 0.1) is 5.92 Å². The predicted octanol–water partition coefficient (Wildman–Crippen LogP) is 1.07. The molecule has 0 aromatic heterocycles. The molecule has 3 heteroatoms. The number of hydrogen-bond acceptors (Lipinski definition) is 2. The molecule has 0 radical (unpaired) electrons. The molecule has 2 N–H and O–H groups in total. The second-order valence-electron chi connectivity index (χ2n) is 3.86. The molecule has 1 amide bonds. The number of nitrogens with one attached hydrogen (secondary N) is 2. The van der Waals surface area contributed by atoms with Gasteiger partial charge in [0, 0.05) is 12.1 Å². The summed E-state index contributed by atoms with van der Waals surface area (Å²) in [5.74, 6) is 0.701. The smallest absolute Gasteiger partial charge is 0.246 e. The summed E-state index contributed by atoms with van der Waals surface area (Å²) in [5.41, 5.74) is 0.832. The highest BCUT2D eigenvalue weighted by Gasteiger charge is 2.15. The van der Waals surface area contributed by atoms with Crippen molar-refractivity contribution in [3.63, 3.8) is 0 Å². The minimum Gasteiger partial charge on any atom is -0.352 e. The molecule has 1 unspecified atom stereocenters. The van der Waals surface area contributed by atoms with E-state index in [1.807, 2.05) is 19.9 Å². The van der Waals surface area contributed by atoms with Crippen LogP contribution in [0.2, 0.25) is 0 Å². The van der Waals surface area contributed by atoms with E-state index >= 15 is 0 Å². The van der Waals surface area contributed by atoms with Crippen LogP contribution in [0.3, 0.4) is 0 Å². The monoisotopic (exact) mass is 196 g/mol. The number of hydrogen-bond donors (Lipinski definition) is 2. The molecule has 0 aromatic carbocycles. The summed E-state index contributed by atoms with van der Waals surface area (Å²) in [7, 11) is 0. The summed E-state index contributed by atoms with van der Waals surface area (Å²) in [6.07, 6.45) is 4.06. The van der Waals surface area contributed by atoms with E-state index in [1.165, 1.54) is 6.42 Å². The second kappa shape index (κ2) is 5.81. The van der Waals surface area contributed by atoms with Crippen molar-refractivity contribution in [1.82, 2.24) is 10.6 Å². The summed E-state index contributed by atoms with van der Waals surface area (Å²) in [5, 5.41) is 6.25. The molecule has 0 saturated carbocycles. The summed E-state index contributed by atoms with van der Waals surface area (Å²) < 4.78 is 0. The Morgan fingerprint density at radius 2 is 2.43 bits per heavy atom. The van der Waals surface area contributed by atoms with Crippen LogP contribution in [-0.4, -0.2) is 25.5 Å². The molecule has 0 spiro atoms. The highest BCUT2D eigenvalue weighted by atomic mass is 16.1. The van der Waals surface area contributed by atoms with Crippen molar-refractivity contribution in [3.05, 3.63) is 11.6 Å². The lowest BCUT2D eigenvalue weighted by molar-refractivity contribution is -0.117. The van der Waals surface area contributed by atoms with E-state index in [0.717, 1.165) is 31.6 Å². The average molecular weight is 196 g/mol.